The van der Waals surface area contributed by atoms with Crippen molar-refractivity contribution >= 4 is 0 Å². The van der Waals surface area contributed by atoms with Gasteiger partial charge in [-0.25, -0.2) is 0 Å². The van der Waals surface area contributed by atoms with Crippen LogP contribution >= 0.6 is 0 Å². The maximum absolute atomic E-state index is 9.00. The summed E-state index contributed by atoms with van der Waals surface area (Å²) < 4.78 is 12.2. The second kappa shape index (κ2) is 13.6. The summed E-state index contributed by atoms with van der Waals surface area (Å²) in [6, 6.07) is 28.1. The minimum absolute atomic E-state index is 0.172. The quantitative estimate of drug-likeness (QED) is 0.122. The predicted molar refractivity (Wildman–Crippen MR) is 127 cm³/mol. The maximum Gasteiger partial charge on any atom is 0.157 e. The molecule has 0 bridgehead atoms. The fourth-order valence-corrected chi connectivity index (χ4v) is 3.41. The molecule has 33 heavy (non-hydrogen) atoms. The highest BCUT2D eigenvalue weighted by Gasteiger charge is 2.18. The normalized spacial score (nSPS) is 13.2. The maximum atomic E-state index is 9.00. The third-order valence-electron chi connectivity index (χ3n) is 5.14. The summed E-state index contributed by atoms with van der Waals surface area (Å²) in [6.07, 6.45) is 0.783. The fourth-order valence-electron chi connectivity index (χ4n) is 3.41. The number of ether oxygens (including phenoxy) is 2. The van der Waals surface area contributed by atoms with Gasteiger partial charge in [0.2, 0.25) is 0 Å². The fraction of sp³-hybridized carbons (Fsp3) is 0.280. The first-order valence-electron chi connectivity index (χ1n) is 10.8. The lowest BCUT2D eigenvalue weighted by Gasteiger charge is -2.23. The minimum Gasteiger partial charge on any atom is -0.352 e. The van der Waals surface area contributed by atoms with Crippen molar-refractivity contribution < 1.29 is 9.47 Å². The highest BCUT2D eigenvalue weighted by atomic mass is 16.7. The minimum atomic E-state index is -0.564. The molecule has 3 aromatic rings. The van der Waals surface area contributed by atoms with Gasteiger partial charge in [0.25, 0.3) is 0 Å². The molecule has 0 spiro atoms. The average Bonchev–Trinajstić information content (AvgIpc) is 2.88. The Bertz CT molecular complexity index is 987. The largest absolute Gasteiger partial charge is 0.352 e. The van der Waals surface area contributed by atoms with Crippen LogP contribution in [0.2, 0.25) is 0 Å². The number of hydrogen-bond acceptors (Lipinski definition) is 4. The van der Waals surface area contributed by atoms with Crippen LogP contribution in [0.4, 0.5) is 0 Å². The van der Waals surface area contributed by atoms with Crippen LogP contribution in [-0.2, 0) is 15.9 Å². The van der Waals surface area contributed by atoms with Crippen LogP contribution in [0.25, 0.3) is 20.9 Å². The Balaban J connectivity index is 1.69. The summed E-state index contributed by atoms with van der Waals surface area (Å²) in [5.74, 6) is 0. The molecule has 0 aromatic heterocycles. The van der Waals surface area contributed by atoms with Crippen molar-refractivity contribution in [3.8, 4) is 0 Å². The molecule has 2 unspecified atom stereocenters. The zero-order chi connectivity index (χ0) is 23.1. The molecule has 0 fully saturated rings. The number of aryl methyl sites for hydroxylation is 1. The zero-order valence-corrected chi connectivity index (χ0v) is 18.2. The van der Waals surface area contributed by atoms with Gasteiger partial charge >= 0.3 is 0 Å². The Kier molecular flexibility index (Phi) is 9.81. The van der Waals surface area contributed by atoms with E-state index in [4.69, 9.17) is 20.5 Å². The highest BCUT2D eigenvalue weighted by Crippen LogP contribution is 2.22. The Morgan fingerprint density at radius 2 is 1.06 bits per heavy atom. The van der Waals surface area contributed by atoms with Crippen LogP contribution in [-0.4, -0.2) is 19.5 Å². The molecule has 0 saturated heterocycles. The predicted octanol–water partition coefficient (Wildman–Crippen LogP) is 7.08. The first kappa shape index (κ1) is 23.9. The molecule has 0 aliphatic heterocycles. The lowest BCUT2D eigenvalue weighted by atomic mass is 10.1. The van der Waals surface area contributed by atoms with E-state index in [2.05, 4.69) is 32.2 Å². The molecule has 0 aliphatic carbocycles. The van der Waals surface area contributed by atoms with Gasteiger partial charge in [0.1, 0.15) is 0 Å². The number of hydrogen-bond donors (Lipinski definition) is 0. The van der Waals surface area contributed by atoms with E-state index in [0.717, 1.165) is 17.5 Å². The Morgan fingerprint density at radius 1 is 0.636 bits per heavy atom. The van der Waals surface area contributed by atoms with E-state index in [9.17, 15) is 0 Å². The summed E-state index contributed by atoms with van der Waals surface area (Å²) in [5.41, 5.74) is 20.9. The number of rotatable bonds is 13. The van der Waals surface area contributed by atoms with Gasteiger partial charge in [-0.1, -0.05) is 101 Å². The third-order valence-corrected chi connectivity index (χ3v) is 5.14. The molecular weight excluding hydrogens is 416 g/mol. The second-order valence-corrected chi connectivity index (χ2v) is 7.38. The van der Waals surface area contributed by atoms with E-state index in [1.165, 1.54) is 5.56 Å². The molecule has 168 valence electrons. The highest BCUT2D eigenvalue weighted by molar-refractivity contribution is 5.20. The summed E-state index contributed by atoms with van der Waals surface area (Å²) in [5, 5.41) is 7.78. The lowest BCUT2D eigenvalue weighted by molar-refractivity contribution is -0.151. The summed E-state index contributed by atoms with van der Waals surface area (Å²) >= 11 is 0. The van der Waals surface area contributed by atoms with Gasteiger partial charge in [-0.05, 0) is 34.2 Å². The van der Waals surface area contributed by atoms with E-state index in [1.807, 2.05) is 78.9 Å². The van der Waals surface area contributed by atoms with Gasteiger partial charge in [-0.15, -0.1) is 0 Å². The van der Waals surface area contributed by atoms with Gasteiger partial charge in [0.15, 0.2) is 6.29 Å². The monoisotopic (exact) mass is 442 g/mol. The molecule has 8 heteroatoms. The van der Waals surface area contributed by atoms with E-state index in [0.29, 0.717) is 6.42 Å². The van der Waals surface area contributed by atoms with Crippen LogP contribution in [0.1, 0.15) is 35.2 Å². The lowest BCUT2D eigenvalue weighted by Crippen LogP contribution is -2.23. The van der Waals surface area contributed by atoms with E-state index in [1.54, 1.807) is 0 Å². The number of azide groups is 2. The molecular formula is C25H26N6O2. The van der Waals surface area contributed by atoms with Crippen molar-refractivity contribution in [2.75, 3.05) is 13.2 Å². The molecule has 0 saturated carbocycles. The van der Waals surface area contributed by atoms with Crippen LogP contribution in [0.15, 0.2) is 101 Å². The van der Waals surface area contributed by atoms with Crippen LogP contribution in [0.3, 0.4) is 0 Å². The van der Waals surface area contributed by atoms with Crippen molar-refractivity contribution in [2.45, 2.75) is 31.2 Å². The molecule has 3 rings (SSSR count). The van der Waals surface area contributed by atoms with Crippen LogP contribution in [0.5, 0.6) is 0 Å². The van der Waals surface area contributed by atoms with Crippen molar-refractivity contribution in [1.82, 2.24) is 0 Å². The van der Waals surface area contributed by atoms with Gasteiger partial charge in [0.05, 0.1) is 25.3 Å². The van der Waals surface area contributed by atoms with Crippen molar-refractivity contribution in [1.29, 1.82) is 0 Å². The standard InChI is InChI=1S/C25H26N6O2/c26-30-28-23(21-12-6-2-7-13-21)18-32-25(17-16-20-10-4-1-5-11-20)33-19-24(29-31-27)22-14-8-3-9-15-22/h1-15,23-25H,16-19H2. The van der Waals surface area contributed by atoms with Crippen LogP contribution < -0.4 is 0 Å². The molecule has 0 N–H and O–H groups in total. The first-order valence-corrected chi connectivity index (χ1v) is 10.8. The number of benzene rings is 3. The zero-order valence-electron chi connectivity index (χ0n) is 18.2. The van der Waals surface area contributed by atoms with Crippen molar-refractivity contribution in [3.05, 3.63) is 129 Å². The molecule has 0 amide bonds. The van der Waals surface area contributed by atoms with E-state index in [-0.39, 0.29) is 13.2 Å². The third kappa shape index (κ3) is 8.00. The Morgan fingerprint density at radius 3 is 1.48 bits per heavy atom. The van der Waals surface area contributed by atoms with Gasteiger partial charge in [-0.2, -0.15) is 0 Å². The Hall–Kier alpha value is -3.80. The molecule has 0 heterocycles. The van der Waals surface area contributed by atoms with E-state index >= 15 is 0 Å². The van der Waals surface area contributed by atoms with Gasteiger partial charge in [0, 0.05) is 16.2 Å². The summed E-state index contributed by atoms with van der Waals surface area (Å²) in [7, 11) is 0. The molecule has 2 atom stereocenters. The summed E-state index contributed by atoms with van der Waals surface area (Å²) in [4.78, 5) is 5.94. The smallest absolute Gasteiger partial charge is 0.157 e. The van der Waals surface area contributed by atoms with Crippen LogP contribution in [0, 0.1) is 0 Å². The van der Waals surface area contributed by atoms with Gasteiger partial charge < -0.3 is 9.47 Å². The number of nitrogens with zero attached hydrogens (tertiary/aromatic N) is 6. The molecule has 3 aromatic carbocycles. The van der Waals surface area contributed by atoms with Crippen molar-refractivity contribution in [3.63, 3.8) is 0 Å². The van der Waals surface area contributed by atoms with Crippen molar-refractivity contribution in [2.24, 2.45) is 10.2 Å². The Labute approximate surface area is 193 Å². The average molecular weight is 443 g/mol. The molecule has 0 aliphatic rings. The van der Waals surface area contributed by atoms with E-state index < -0.39 is 18.4 Å². The topological polar surface area (TPSA) is 116 Å². The van der Waals surface area contributed by atoms with Gasteiger partial charge in [-0.3, -0.25) is 0 Å². The summed E-state index contributed by atoms with van der Waals surface area (Å²) in [6.45, 7) is 0.343. The first-order chi connectivity index (χ1) is 16.3. The SMILES string of the molecule is [N-]=[N+]=NC(COC(CCc1ccccc1)OCC(N=[N+]=[N-])c1ccccc1)c1ccccc1. The molecule has 8 nitrogen and oxygen atoms in total. The second-order valence-electron chi connectivity index (χ2n) is 7.38. The molecule has 0 radical (unpaired) electrons.